The van der Waals surface area contributed by atoms with Gasteiger partial charge in [0.2, 0.25) is 5.91 Å². The molecule has 2 fully saturated rings. The number of likely N-dealkylation sites (tertiary alicyclic amines) is 2. The van der Waals surface area contributed by atoms with Gasteiger partial charge in [-0.2, -0.15) is 0 Å². The Bertz CT molecular complexity index is 333. The minimum atomic E-state index is -0.377. The van der Waals surface area contributed by atoms with Crippen molar-refractivity contribution in [3.8, 4) is 0 Å². The van der Waals surface area contributed by atoms with Crippen LogP contribution in [0.2, 0.25) is 0 Å². The van der Waals surface area contributed by atoms with Crippen molar-refractivity contribution in [2.75, 3.05) is 32.7 Å². The highest BCUT2D eigenvalue weighted by atomic mass is 35.5. The molecule has 0 aliphatic carbocycles. The molecule has 6 heteroatoms. The Morgan fingerprint density at radius 1 is 1.09 bits per heavy atom. The van der Waals surface area contributed by atoms with E-state index in [1.807, 2.05) is 25.7 Å². The van der Waals surface area contributed by atoms with Crippen LogP contribution in [-0.4, -0.2) is 54.5 Å². The maximum atomic E-state index is 12.4. The van der Waals surface area contributed by atoms with Gasteiger partial charge in [-0.1, -0.05) is 20.8 Å². The summed E-state index contributed by atoms with van der Waals surface area (Å²) in [5, 5.41) is 0. The van der Waals surface area contributed by atoms with Crippen LogP contribution in [0.1, 0.15) is 46.5 Å². The molecule has 2 rings (SSSR count). The minimum absolute atomic E-state index is 0. The molecule has 4 nitrogen and oxygen atoms in total. The van der Waals surface area contributed by atoms with Gasteiger partial charge in [-0.3, -0.25) is 4.79 Å². The fourth-order valence-corrected chi connectivity index (χ4v) is 3.23. The van der Waals surface area contributed by atoms with Crippen molar-refractivity contribution < 1.29 is 4.79 Å². The van der Waals surface area contributed by atoms with Crippen molar-refractivity contribution in [2.24, 2.45) is 17.1 Å². The molecule has 132 valence electrons. The molecular formula is C16H33Cl2N3O. The molecule has 2 saturated heterocycles. The number of carbonyl (C=O) groups excluding carboxylic acids is 1. The van der Waals surface area contributed by atoms with Crippen molar-refractivity contribution in [3.63, 3.8) is 0 Å². The van der Waals surface area contributed by atoms with Crippen LogP contribution in [0.25, 0.3) is 0 Å². The van der Waals surface area contributed by atoms with E-state index in [0.717, 1.165) is 31.8 Å². The summed E-state index contributed by atoms with van der Waals surface area (Å²) in [5.74, 6) is 0.903. The van der Waals surface area contributed by atoms with Gasteiger partial charge in [-0.15, -0.1) is 24.8 Å². The van der Waals surface area contributed by atoms with Gasteiger partial charge in [0.15, 0.2) is 0 Å². The van der Waals surface area contributed by atoms with E-state index in [1.165, 1.54) is 32.5 Å². The van der Waals surface area contributed by atoms with Crippen LogP contribution in [-0.2, 0) is 4.79 Å². The van der Waals surface area contributed by atoms with E-state index in [0.29, 0.717) is 0 Å². The quantitative estimate of drug-likeness (QED) is 0.847. The van der Waals surface area contributed by atoms with Gasteiger partial charge in [-0.25, -0.2) is 0 Å². The first kappa shape index (κ1) is 22.0. The molecule has 2 N–H and O–H groups in total. The van der Waals surface area contributed by atoms with E-state index in [1.54, 1.807) is 0 Å². The Morgan fingerprint density at radius 2 is 1.59 bits per heavy atom. The Morgan fingerprint density at radius 3 is 2.05 bits per heavy atom. The number of carbonyl (C=O) groups is 1. The molecule has 22 heavy (non-hydrogen) atoms. The number of hydrogen-bond donors (Lipinski definition) is 1. The van der Waals surface area contributed by atoms with Crippen molar-refractivity contribution in [2.45, 2.75) is 52.5 Å². The molecule has 0 radical (unpaired) electrons. The smallest absolute Gasteiger partial charge is 0.240 e. The third kappa shape index (κ3) is 5.88. The lowest BCUT2D eigenvalue weighted by Crippen LogP contribution is -2.52. The van der Waals surface area contributed by atoms with Gasteiger partial charge in [-0.05, 0) is 50.1 Å². The highest BCUT2D eigenvalue weighted by molar-refractivity contribution is 5.85. The highest BCUT2D eigenvalue weighted by Gasteiger charge is 2.33. The number of amides is 1. The van der Waals surface area contributed by atoms with E-state index in [-0.39, 0.29) is 42.2 Å². The largest absolute Gasteiger partial charge is 0.341 e. The van der Waals surface area contributed by atoms with E-state index in [2.05, 4.69) is 4.90 Å². The number of nitrogens with zero attached hydrogens (tertiary/aromatic N) is 2. The summed E-state index contributed by atoms with van der Waals surface area (Å²) in [4.78, 5) is 17.0. The number of piperidine rings is 1. The molecular weight excluding hydrogens is 321 g/mol. The zero-order valence-corrected chi connectivity index (χ0v) is 15.8. The number of nitrogens with two attached hydrogens (primary N) is 1. The van der Waals surface area contributed by atoms with Crippen molar-refractivity contribution in [1.82, 2.24) is 9.80 Å². The lowest BCUT2D eigenvalue weighted by atomic mass is 9.86. The third-order valence-electron chi connectivity index (χ3n) is 4.84. The van der Waals surface area contributed by atoms with Crippen LogP contribution >= 0.6 is 24.8 Å². The van der Waals surface area contributed by atoms with Crippen molar-refractivity contribution in [3.05, 3.63) is 0 Å². The van der Waals surface area contributed by atoms with Gasteiger partial charge in [0.1, 0.15) is 0 Å². The normalized spacial score (nSPS) is 21.9. The average Bonchev–Trinajstić information content (AvgIpc) is 2.90. The molecule has 1 amide bonds. The maximum absolute atomic E-state index is 12.4. The Labute approximate surface area is 148 Å². The topological polar surface area (TPSA) is 49.6 Å². The summed E-state index contributed by atoms with van der Waals surface area (Å²) >= 11 is 0. The summed E-state index contributed by atoms with van der Waals surface area (Å²) in [7, 11) is 0. The predicted octanol–water partition coefficient (Wildman–Crippen LogP) is 2.54. The van der Waals surface area contributed by atoms with Crippen LogP contribution in [0.3, 0.4) is 0 Å². The Hall–Kier alpha value is -0.0300. The van der Waals surface area contributed by atoms with Gasteiger partial charge in [0.05, 0.1) is 6.04 Å². The SMILES string of the molecule is CC(C)(C)[C@H](N)C(=O)N1CCC(CN2CCCC2)CC1.Cl.Cl. The summed E-state index contributed by atoms with van der Waals surface area (Å²) in [5.41, 5.74) is 5.94. The molecule has 0 spiro atoms. The fraction of sp³-hybridized carbons (Fsp3) is 0.938. The summed E-state index contributed by atoms with van der Waals surface area (Å²) in [6.45, 7) is 11.7. The first-order chi connectivity index (χ1) is 9.38. The molecule has 0 bridgehead atoms. The van der Waals surface area contributed by atoms with Crippen LogP contribution in [0.15, 0.2) is 0 Å². The lowest BCUT2D eigenvalue weighted by molar-refractivity contribution is -0.136. The summed E-state index contributed by atoms with van der Waals surface area (Å²) in [6, 6.07) is -0.377. The lowest BCUT2D eigenvalue weighted by Gasteiger charge is -2.37. The minimum Gasteiger partial charge on any atom is -0.341 e. The molecule has 0 saturated carbocycles. The van der Waals surface area contributed by atoms with E-state index >= 15 is 0 Å². The second-order valence-electron chi connectivity index (χ2n) is 7.62. The van der Waals surface area contributed by atoms with Crippen molar-refractivity contribution >= 4 is 30.7 Å². The Balaban J connectivity index is 0.00000220. The maximum Gasteiger partial charge on any atom is 0.240 e. The van der Waals surface area contributed by atoms with Crippen molar-refractivity contribution in [1.29, 1.82) is 0 Å². The molecule has 2 aliphatic rings. The Kier molecular flexibility index (Phi) is 9.30. The summed E-state index contributed by atoms with van der Waals surface area (Å²) in [6.07, 6.45) is 4.99. The van der Waals surface area contributed by atoms with Crippen LogP contribution in [0.5, 0.6) is 0 Å². The second-order valence-corrected chi connectivity index (χ2v) is 7.62. The molecule has 0 aromatic carbocycles. The molecule has 0 unspecified atom stereocenters. The molecule has 0 aromatic heterocycles. The van der Waals surface area contributed by atoms with E-state index in [4.69, 9.17) is 5.73 Å². The standard InChI is InChI=1S/C16H31N3O.2ClH/c1-16(2,3)14(17)15(20)19-10-6-13(7-11-19)12-18-8-4-5-9-18;;/h13-14H,4-12,17H2,1-3H3;2*1H/t14-;;/m1../s1. The number of halogens is 2. The molecule has 0 aromatic rings. The van der Waals surface area contributed by atoms with E-state index < -0.39 is 0 Å². The number of hydrogen-bond acceptors (Lipinski definition) is 3. The van der Waals surface area contributed by atoms with Gasteiger partial charge >= 0.3 is 0 Å². The second kappa shape index (κ2) is 9.31. The zero-order valence-electron chi connectivity index (χ0n) is 14.2. The highest BCUT2D eigenvalue weighted by Crippen LogP contribution is 2.24. The number of rotatable bonds is 3. The van der Waals surface area contributed by atoms with Crippen LogP contribution < -0.4 is 5.73 Å². The molecule has 2 aliphatic heterocycles. The van der Waals surface area contributed by atoms with Gasteiger partial charge in [0, 0.05) is 19.6 Å². The van der Waals surface area contributed by atoms with Crippen LogP contribution in [0.4, 0.5) is 0 Å². The average molecular weight is 354 g/mol. The van der Waals surface area contributed by atoms with Crippen LogP contribution in [0, 0.1) is 11.3 Å². The summed E-state index contributed by atoms with van der Waals surface area (Å²) < 4.78 is 0. The van der Waals surface area contributed by atoms with Gasteiger partial charge < -0.3 is 15.5 Å². The monoisotopic (exact) mass is 353 g/mol. The molecule has 1 atom stereocenters. The zero-order chi connectivity index (χ0) is 14.8. The fourth-order valence-electron chi connectivity index (χ4n) is 3.23. The molecule has 2 heterocycles. The van der Waals surface area contributed by atoms with Gasteiger partial charge in [0.25, 0.3) is 0 Å². The third-order valence-corrected chi connectivity index (χ3v) is 4.84. The predicted molar refractivity (Wildman–Crippen MR) is 96.9 cm³/mol. The first-order valence-electron chi connectivity index (χ1n) is 8.14. The first-order valence-corrected chi connectivity index (χ1v) is 8.14. The van der Waals surface area contributed by atoms with E-state index in [9.17, 15) is 4.79 Å².